The molecule has 0 aromatic carbocycles. The smallest absolute Gasteiger partial charge is 0.119 e. The summed E-state index contributed by atoms with van der Waals surface area (Å²) in [5.41, 5.74) is 1.89. The highest BCUT2D eigenvalue weighted by atomic mass is 16.3. The number of aromatic amines is 1. The van der Waals surface area contributed by atoms with Crippen LogP contribution >= 0.6 is 0 Å². The van der Waals surface area contributed by atoms with Gasteiger partial charge in [-0.25, -0.2) is 4.98 Å². The lowest BCUT2D eigenvalue weighted by molar-refractivity contribution is 0.00853. The number of piperidine rings is 1. The minimum Gasteiger partial charge on any atom is -0.382 e. The lowest BCUT2D eigenvalue weighted by Gasteiger charge is -2.32. The molecule has 1 aliphatic heterocycles. The summed E-state index contributed by atoms with van der Waals surface area (Å²) in [5, 5.41) is 13.7. The van der Waals surface area contributed by atoms with E-state index < -0.39 is 5.60 Å². The Kier molecular flexibility index (Phi) is 2.19. The topological polar surface area (TPSA) is 60.9 Å². The number of hydrogen-bond acceptors (Lipinski definition) is 3. The van der Waals surface area contributed by atoms with E-state index in [1.807, 2.05) is 24.4 Å². The fourth-order valence-corrected chi connectivity index (χ4v) is 2.30. The van der Waals surface area contributed by atoms with Crippen LogP contribution in [0.3, 0.4) is 0 Å². The average Bonchev–Trinajstić information content (AvgIpc) is 2.77. The molecule has 4 heteroatoms. The van der Waals surface area contributed by atoms with Gasteiger partial charge in [0.1, 0.15) is 5.60 Å². The highest BCUT2D eigenvalue weighted by Gasteiger charge is 2.32. The minimum atomic E-state index is -0.802. The first-order valence-corrected chi connectivity index (χ1v) is 5.66. The standard InChI is InChI=1S/C12H15N3O/c16-12(5-1-6-13-8-12)11-3-2-9-10(15-11)4-7-14-9/h2-4,7,13-14,16H,1,5-6,8H2/t12-/m0/s1. The zero-order chi connectivity index (χ0) is 11.0. The van der Waals surface area contributed by atoms with Crippen LogP contribution in [0.5, 0.6) is 0 Å². The lowest BCUT2D eigenvalue weighted by atomic mass is 9.90. The van der Waals surface area contributed by atoms with E-state index in [4.69, 9.17) is 0 Å². The summed E-state index contributed by atoms with van der Waals surface area (Å²) in [4.78, 5) is 7.61. The Balaban J connectivity index is 2.03. The van der Waals surface area contributed by atoms with Gasteiger partial charge in [0.25, 0.3) is 0 Å². The van der Waals surface area contributed by atoms with Crippen LogP contribution in [0, 0.1) is 0 Å². The highest BCUT2D eigenvalue weighted by Crippen LogP contribution is 2.27. The van der Waals surface area contributed by atoms with Gasteiger partial charge in [-0.15, -0.1) is 0 Å². The van der Waals surface area contributed by atoms with E-state index in [0.717, 1.165) is 36.1 Å². The van der Waals surface area contributed by atoms with E-state index in [1.54, 1.807) is 0 Å². The Morgan fingerprint density at radius 3 is 3.06 bits per heavy atom. The van der Waals surface area contributed by atoms with Crippen molar-refractivity contribution in [3.63, 3.8) is 0 Å². The fraction of sp³-hybridized carbons (Fsp3) is 0.417. The van der Waals surface area contributed by atoms with Gasteiger partial charge in [-0.05, 0) is 37.6 Å². The Morgan fingerprint density at radius 1 is 1.31 bits per heavy atom. The van der Waals surface area contributed by atoms with Crippen molar-refractivity contribution in [2.45, 2.75) is 18.4 Å². The zero-order valence-electron chi connectivity index (χ0n) is 9.03. The van der Waals surface area contributed by atoms with Gasteiger partial charge in [0.15, 0.2) is 0 Å². The molecule has 16 heavy (non-hydrogen) atoms. The van der Waals surface area contributed by atoms with Gasteiger partial charge in [0, 0.05) is 12.7 Å². The van der Waals surface area contributed by atoms with E-state index in [9.17, 15) is 5.11 Å². The first-order valence-electron chi connectivity index (χ1n) is 5.66. The highest BCUT2D eigenvalue weighted by molar-refractivity contribution is 5.74. The molecule has 1 aliphatic rings. The van der Waals surface area contributed by atoms with E-state index in [1.165, 1.54) is 0 Å². The number of nitrogens with zero attached hydrogens (tertiary/aromatic N) is 1. The molecule has 0 radical (unpaired) electrons. The van der Waals surface area contributed by atoms with Crippen molar-refractivity contribution in [1.29, 1.82) is 0 Å². The van der Waals surface area contributed by atoms with Crippen molar-refractivity contribution >= 4 is 11.0 Å². The molecule has 0 amide bonds. The van der Waals surface area contributed by atoms with Crippen molar-refractivity contribution < 1.29 is 5.11 Å². The molecule has 2 aromatic rings. The average molecular weight is 217 g/mol. The Hall–Kier alpha value is -1.39. The predicted octanol–water partition coefficient (Wildman–Crippen LogP) is 1.13. The van der Waals surface area contributed by atoms with Gasteiger partial charge in [-0.1, -0.05) is 0 Å². The molecule has 1 fully saturated rings. The molecule has 84 valence electrons. The van der Waals surface area contributed by atoms with Crippen LogP contribution in [-0.2, 0) is 5.60 Å². The van der Waals surface area contributed by atoms with E-state index in [2.05, 4.69) is 15.3 Å². The third kappa shape index (κ3) is 1.50. The van der Waals surface area contributed by atoms with Crippen LogP contribution in [-0.4, -0.2) is 28.2 Å². The maximum Gasteiger partial charge on any atom is 0.119 e. The van der Waals surface area contributed by atoms with Gasteiger partial charge in [0.2, 0.25) is 0 Å². The first-order chi connectivity index (χ1) is 7.78. The molecule has 2 aromatic heterocycles. The summed E-state index contributed by atoms with van der Waals surface area (Å²) >= 11 is 0. The van der Waals surface area contributed by atoms with Gasteiger partial charge in [0.05, 0.1) is 16.7 Å². The normalized spacial score (nSPS) is 26.1. The molecule has 0 aliphatic carbocycles. The van der Waals surface area contributed by atoms with Crippen LogP contribution in [0.2, 0.25) is 0 Å². The predicted molar refractivity (Wildman–Crippen MR) is 62.1 cm³/mol. The molecule has 1 atom stereocenters. The molecule has 0 unspecified atom stereocenters. The number of pyridine rings is 1. The van der Waals surface area contributed by atoms with Gasteiger partial charge in [-0.2, -0.15) is 0 Å². The van der Waals surface area contributed by atoms with E-state index >= 15 is 0 Å². The van der Waals surface area contributed by atoms with E-state index in [-0.39, 0.29) is 0 Å². The van der Waals surface area contributed by atoms with Crippen LogP contribution < -0.4 is 5.32 Å². The monoisotopic (exact) mass is 217 g/mol. The number of rotatable bonds is 1. The number of aromatic nitrogens is 2. The zero-order valence-corrected chi connectivity index (χ0v) is 9.03. The molecule has 3 heterocycles. The van der Waals surface area contributed by atoms with Crippen molar-refractivity contribution in [3.05, 3.63) is 30.1 Å². The van der Waals surface area contributed by atoms with Gasteiger partial charge >= 0.3 is 0 Å². The number of hydrogen-bond donors (Lipinski definition) is 3. The Bertz CT molecular complexity index is 500. The summed E-state index contributed by atoms with van der Waals surface area (Å²) in [6.07, 6.45) is 3.64. The van der Waals surface area contributed by atoms with Crippen molar-refractivity contribution in [2.75, 3.05) is 13.1 Å². The second kappa shape index (κ2) is 3.57. The van der Waals surface area contributed by atoms with Crippen LogP contribution in [0.4, 0.5) is 0 Å². The summed E-state index contributed by atoms with van der Waals surface area (Å²) in [5.74, 6) is 0. The van der Waals surface area contributed by atoms with Gasteiger partial charge in [-0.3, -0.25) is 0 Å². The Morgan fingerprint density at radius 2 is 2.25 bits per heavy atom. The first kappa shape index (κ1) is 9.81. The molecule has 3 rings (SSSR count). The summed E-state index contributed by atoms with van der Waals surface area (Å²) < 4.78 is 0. The SMILES string of the molecule is O[C@@]1(c2ccc3[nH]ccc3n2)CCCNC1. The summed E-state index contributed by atoms with van der Waals surface area (Å²) in [7, 11) is 0. The molecule has 0 bridgehead atoms. The molecule has 1 saturated heterocycles. The number of β-amino-alcohol motifs (C(OH)–C–C–N with tert-alkyl or cyclic N) is 1. The molecule has 3 N–H and O–H groups in total. The number of fused-ring (bicyclic) bond motifs is 1. The molecule has 4 nitrogen and oxygen atoms in total. The van der Waals surface area contributed by atoms with Crippen LogP contribution in [0.25, 0.3) is 11.0 Å². The Labute approximate surface area is 93.7 Å². The fourth-order valence-electron chi connectivity index (χ4n) is 2.30. The van der Waals surface area contributed by atoms with E-state index in [0.29, 0.717) is 6.54 Å². The summed E-state index contributed by atoms with van der Waals surface area (Å²) in [6, 6.07) is 5.81. The molecular weight excluding hydrogens is 202 g/mol. The second-order valence-electron chi connectivity index (χ2n) is 4.42. The molecule has 0 spiro atoms. The largest absolute Gasteiger partial charge is 0.382 e. The van der Waals surface area contributed by atoms with Crippen molar-refractivity contribution in [2.24, 2.45) is 0 Å². The van der Waals surface area contributed by atoms with Crippen LogP contribution in [0.1, 0.15) is 18.5 Å². The van der Waals surface area contributed by atoms with Gasteiger partial charge < -0.3 is 15.4 Å². The number of nitrogens with one attached hydrogen (secondary N) is 2. The lowest BCUT2D eigenvalue weighted by Crippen LogP contribution is -2.43. The maximum absolute atomic E-state index is 10.5. The van der Waals surface area contributed by atoms with Crippen LogP contribution in [0.15, 0.2) is 24.4 Å². The quantitative estimate of drug-likeness (QED) is 0.671. The molecular formula is C12H15N3O. The third-order valence-corrected chi connectivity index (χ3v) is 3.24. The third-order valence-electron chi connectivity index (χ3n) is 3.24. The number of aliphatic hydroxyl groups is 1. The second-order valence-corrected chi connectivity index (χ2v) is 4.42. The number of H-pyrrole nitrogens is 1. The van der Waals surface area contributed by atoms with Crippen molar-refractivity contribution in [1.82, 2.24) is 15.3 Å². The summed E-state index contributed by atoms with van der Waals surface area (Å²) in [6.45, 7) is 1.57. The molecule has 0 saturated carbocycles. The van der Waals surface area contributed by atoms with Crippen molar-refractivity contribution in [3.8, 4) is 0 Å². The minimum absolute atomic E-state index is 0.593. The maximum atomic E-state index is 10.5.